The highest BCUT2D eigenvalue weighted by Crippen LogP contribution is 2.12. The minimum absolute atomic E-state index is 0.127. The Morgan fingerprint density at radius 3 is 2.47 bits per heavy atom. The molecular formula is C10H20N4O2S. The highest BCUT2D eigenvalue weighted by Gasteiger charge is 2.21. The van der Waals surface area contributed by atoms with Gasteiger partial charge >= 0.3 is 0 Å². The molecule has 0 fully saturated rings. The molecule has 0 aliphatic heterocycles. The first kappa shape index (κ1) is 14.1. The molecule has 2 N–H and O–H groups in total. The van der Waals surface area contributed by atoms with Crippen LogP contribution in [-0.4, -0.2) is 23.2 Å². The first-order chi connectivity index (χ1) is 7.86. The van der Waals surface area contributed by atoms with Crippen LogP contribution in [0.1, 0.15) is 39.4 Å². The Bertz CT molecular complexity index is 465. The topological polar surface area (TPSA) is 90.9 Å². The van der Waals surface area contributed by atoms with E-state index in [0.717, 1.165) is 19.3 Å². The van der Waals surface area contributed by atoms with Crippen LogP contribution in [0.4, 0.5) is 0 Å². The summed E-state index contributed by atoms with van der Waals surface area (Å²) in [6.07, 6.45) is 2.71. The van der Waals surface area contributed by atoms with E-state index >= 15 is 0 Å². The molecule has 6 nitrogen and oxygen atoms in total. The molecule has 0 unspecified atom stereocenters. The number of primary sulfonamides is 1. The lowest BCUT2D eigenvalue weighted by atomic mass is 10.2. The third-order valence-electron chi connectivity index (χ3n) is 2.35. The molecule has 0 amide bonds. The van der Waals surface area contributed by atoms with Gasteiger partial charge in [-0.1, -0.05) is 27.2 Å². The molecule has 0 radical (unpaired) electrons. The summed E-state index contributed by atoms with van der Waals surface area (Å²) in [7, 11) is -3.79. The lowest BCUT2D eigenvalue weighted by molar-refractivity contribution is 0.467. The monoisotopic (exact) mass is 260 g/mol. The lowest BCUT2D eigenvalue weighted by Gasteiger charge is -2.11. The normalized spacial score (nSPS) is 12.3. The Morgan fingerprint density at radius 2 is 2.00 bits per heavy atom. The highest BCUT2D eigenvalue weighted by atomic mass is 32.2. The van der Waals surface area contributed by atoms with Gasteiger partial charge in [0.1, 0.15) is 5.82 Å². The maximum absolute atomic E-state index is 11.4. The molecule has 17 heavy (non-hydrogen) atoms. The fraction of sp³-hybridized carbons (Fsp3) is 0.800. The molecule has 0 aliphatic rings. The summed E-state index contributed by atoms with van der Waals surface area (Å²) in [5.41, 5.74) is 0. The summed E-state index contributed by atoms with van der Waals surface area (Å²) in [6.45, 7) is 6.66. The van der Waals surface area contributed by atoms with Crippen molar-refractivity contribution >= 4 is 10.0 Å². The van der Waals surface area contributed by atoms with Crippen LogP contribution in [0.2, 0.25) is 0 Å². The number of unbranched alkanes of at least 4 members (excludes halogenated alkanes) is 1. The molecule has 0 aromatic carbocycles. The van der Waals surface area contributed by atoms with Gasteiger partial charge in [-0.05, 0) is 12.3 Å². The Labute approximate surface area is 102 Å². The van der Waals surface area contributed by atoms with Crippen LogP contribution >= 0.6 is 0 Å². The minimum atomic E-state index is -3.79. The zero-order valence-corrected chi connectivity index (χ0v) is 11.4. The van der Waals surface area contributed by atoms with Gasteiger partial charge in [0.05, 0.1) is 0 Å². The molecule has 1 heterocycles. The van der Waals surface area contributed by atoms with Gasteiger partial charge in [0.15, 0.2) is 0 Å². The molecule has 7 heteroatoms. The summed E-state index contributed by atoms with van der Waals surface area (Å²) < 4.78 is 24.4. The van der Waals surface area contributed by atoms with E-state index < -0.39 is 10.0 Å². The van der Waals surface area contributed by atoms with Gasteiger partial charge in [0.2, 0.25) is 0 Å². The van der Waals surface area contributed by atoms with E-state index in [1.165, 1.54) is 0 Å². The van der Waals surface area contributed by atoms with Crippen LogP contribution in [-0.2, 0) is 23.0 Å². The van der Waals surface area contributed by atoms with Gasteiger partial charge in [-0.25, -0.2) is 13.6 Å². The van der Waals surface area contributed by atoms with E-state index in [9.17, 15) is 8.42 Å². The van der Waals surface area contributed by atoms with E-state index in [4.69, 9.17) is 5.14 Å². The fourth-order valence-corrected chi connectivity index (χ4v) is 2.24. The second kappa shape index (κ2) is 5.59. The number of hydrogen-bond donors (Lipinski definition) is 1. The van der Waals surface area contributed by atoms with Crippen LogP contribution < -0.4 is 5.14 Å². The number of sulfonamides is 1. The van der Waals surface area contributed by atoms with Crippen molar-refractivity contribution in [3.05, 3.63) is 5.82 Å². The predicted molar refractivity (Wildman–Crippen MR) is 64.8 cm³/mol. The van der Waals surface area contributed by atoms with Crippen LogP contribution in [0.3, 0.4) is 0 Å². The molecule has 98 valence electrons. The summed E-state index contributed by atoms with van der Waals surface area (Å²) in [4.78, 5) is 0. The average molecular weight is 260 g/mol. The zero-order chi connectivity index (χ0) is 13.1. The maximum Gasteiger partial charge on any atom is 0.273 e. The number of rotatable bonds is 6. The zero-order valence-electron chi connectivity index (χ0n) is 10.5. The van der Waals surface area contributed by atoms with Gasteiger partial charge in [-0.15, -0.1) is 10.2 Å². The molecule has 0 saturated heterocycles. The number of hydrogen-bond acceptors (Lipinski definition) is 4. The summed E-state index contributed by atoms with van der Waals surface area (Å²) >= 11 is 0. The predicted octanol–water partition coefficient (Wildman–Crippen LogP) is 0.924. The largest absolute Gasteiger partial charge is 0.300 e. The van der Waals surface area contributed by atoms with Crippen LogP contribution in [0.15, 0.2) is 5.16 Å². The van der Waals surface area contributed by atoms with E-state index in [-0.39, 0.29) is 5.16 Å². The molecule has 0 aliphatic carbocycles. The maximum atomic E-state index is 11.4. The Balaban J connectivity index is 3.11. The Hall–Kier alpha value is -0.950. The average Bonchev–Trinajstić information content (AvgIpc) is 2.56. The molecule has 0 saturated carbocycles. The van der Waals surface area contributed by atoms with E-state index in [2.05, 4.69) is 17.1 Å². The number of nitrogens with two attached hydrogens (primary N) is 1. The number of nitrogens with zero attached hydrogens (tertiary/aromatic N) is 3. The van der Waals surface area contributed by atoms with E-state index in [0.29, 0.717) is 18.3 Å². The third-order valence-corrected chi connectivity index (χ3v) is 3.16. The summed E-state index contributed by atoms with van der Waals surface area (Å²) in [5.74, 6) is 1.01. The van der Waals surface area contributed by atoms with Crippen molar-refractivity contribution in [3.63, 3.8) is 0 Å². The third kappa shape index (κ3) is 3.78. The van der Waals surface area contributed by atoms with Gasteiger partial charge in [-0.2, -0.15) is 0 Å². The highest BCUT2D eigenvalue weighted by molar-refractivity contribution is 7.89. The van der Waals surface area contributed by atoms with Gasteiger partial charge in [-0.3, -0.25) is 0 Å². The summed E-state index contributed by atoms with van der Waals surface area (Å²) in [5, 5.41) is 12.6. The van der Waals surface area contributed by atoms with Crippen molar-refractivity contribution in [1.29, 1.82) is 0 Å². The van der Waals surface area contributed by atoms with Crippen molar-refractivity contribution in [2.45, 2.75) is 51.7 Å². The van der Waals surface area contributed by atoms with Crippen LogP contribution in [0, 0.1) is 5.92 Å². The number of aromatic nitrogens is 3. The molecule has 1 aromatic rings. The fourth-order valence-electron chi connectivity index (χ4n) is 1.60. The molecule has 0 spiro atoms. The Kier molecular flexibility index (Phi) is 4.64. The quantitative estimate of drug-likeness (QED) is 0.823. The van der Waals surface area contributed by atoms with Crippen molar-refractivity contribution in [2.75, 3.05) is 0 Å². The van der Waals surface area contributed by atoms with E-state index in [1.807, 2.05) is 13.8 Å². The number of aryl methyl sites for hydroxylation is 1. The standard InChI is InChI=1S/C10H20N4O2S/c1-4-5-6-9-12-13-10(17(11,15)16)14(9)7-8(2)3/h8H,4-7H2,1-3H3,(H2,11,15,16). The van der Waals surface area contributed by atoms with Gasteiger partial charge < -0.3 is 4.57 Å². The SMILES string of the molecule is CCCCc1nnc(S(N)(=O)=O)n1CC(C)C. The second-order valence-electron chi connectivity index (χ2n) is 4.55. The smallest absolute Gasteiger partial charge is 0.273 e. The van der Waals surface area contributed by atoms with Crippen molar-refractivity contribution in [3.8, 4) is 0 Å². The minimum Gasteiger partial charge on any atom is -0.300 e. The first-order valence-electron chi connectivity index (χ1n) is 5.81. The van der Waals surface area contributed by atoms with Crippen LogP contribution in [0.25, 0.3) is 0 Å². The van der Waals surface area contributed by atoms with Gasteiger partial charge in [0, 0.05) is 13.0 Å². The Morgan fingerprint density at radius 1 is 1.35 bits per heavy atom. The molecule has 1 rings (SSSR count). The van der Waals surface area contributed by atoms with Gasteiger partial charge in [0.25, 0.3) is 15.2 Å². The first-order valence-corrected chi connectivity index (χ1v) is 7.35. The molecule has 0 bridgehead atoms. The van der Waals surface area contributed by atoms with Crippen molar-refractivity contribution in [2.24, 2.45) is 11.1 Å². The summed E-state index contributed by atoms with van der Waals surface area (Å²) in [6, 6.07) is 0. The lowest BCUT2D eigenvalue weighted by Crippen LogP contribution is -2.21. The van der Waals surface area contributed by atoms with Crippen molar-refractivity contribution < 1.29 is 8.42 Å². The van der Waals surface area contributed by atoms with Crippen LogP contribution in [0.5, 0.6) is 0 Å². The van der Waals surface area contributed by atoms with E-state index in [1.54, 1.807) is 4.57 Å². The van der Waals surface area contributed by atoms with Crippen molar-refractivity contribution in [1.82, 2.24) is 14.8 Å². The molecule has 1 aromatic heterocycles. The molecule has 0 atom stereocenters. The second-order valence-corrected chi connectivity index (χ2v) is 6.01. The molecular weight excluding hydrogens is 240 g/mol.